The van der Waals surface area contributed by atoms with E-state index >= 15 is 0 Å². The maximum absolute atomic E-state index is 12.2. The second kappa shape index (κ2) is 5.26. The van der Waals surface area contributed by atoms with E-state index in [0.29, 0.717) is 11.8 Å². The van der Waals surface area contributed by atoms with Gasteiger partial charge in [0.25, 0.3) is 0 Å². The molecule has 0 bridgehead atoms. The van der Waals surface area contributed by atoms with Gasteiger partial charge in [0.2, 0.25) is 11.8 Å². The van der Waals surface area contributed by atoms with Gasteiger partial charge in [0.1, 0.15) is 6.04 Å². The largest absolute Gasteiger partial charge is 0.368 e. The first kappa shape index (κ1) is 13.3. The molecule has 5 nitrogen and oxygen atoms in total. The molecule has 0 aromatic heterocycles. The highest BCUT2D eigenvalue weighted by molar-refractivity contribution is 5.89. The van der Waals surface area contributed by atoms with Crippen molar-refractivity contribution in [3.63, 3.8) is 0 Å². The van der Waals surface area contributed by atoms with Crippen molar-refractivity contribution in [1.29, 1.82) is 0 Å². The van der Waals surface area contributed by atoms with Gasteiger partial charge in [-0.1, -0.05) is 20.3 Å². The molecule has 0 aromatic carbocycles. The van der Waals surface area contributed by atoms with Crippen LogP contribution >= 0.6 is 0 Å². The zero-order valence-electron chi connectivity index (χ0n) is 11.1. The second-order valence-corrected chi connectivity index (χ2v) is 5.87. The summed E-state index contributed by atoms with van der Waals surface area (Å²) in [5.74, 6) is 0.561. The van der Waals surface area contributed by atoms with E-state index in [1.54, 1.807) is 0 Å². The minimum atomic E-state index is -0.570. The lowest BCUT2D eigenvalue weighted by molar-refractivity contribution is -0.130. The Labute approximate surface area is 108 Å². The monoisotopic (exact) mass is 253 g/mol. The maximum atomic E-state index is 12.2. The Balaban J connectivity index is 1.97. The van der Waals surface area contributed by atoms with E-state index < -0.39 is 11.9 Å². The molecule has 2 aliphatic rings. The fraction of sp³-hybridized carbons (Fsp3) is 0.846. The molecule has 2 amide bonds. The number of amides is 2. The summed E-state index contributed by atoms with van der Waals surface area (Å²) in [4.78, 5) is 23.5. The first-order valence-corrected chi connectivity index (χ1v) is 6.83. The fourth-order valence-corrected chi connectivity index (χ4v) is 3.28. The highest BCUT2D eigenvalue weighted by Crippen LogP contribution is 2.37. The van der Waals surface area contributed by atoms with Crippen molar-refractivity contribution in [2.75, 3.05) is 6.54 Å². The molecule has 2 rings (SSSR count). The number of hydrogen-bond donors (Lipinski definition) is 3. The Kier molecular flexibility index (Phi) is 3.90. The predicted octanol–water partition coefficient (Wildman–Crippen LogP) is 0.000600. The molecule has 0 radical (unpaired) electrons. The molecular weight excluding hydrogens is 230 g/mol. The van der Waals surface area contributed by atoms with Gasteiger partial charge in [-0.2, -0.15) is 0 Å². The summed E-state index contributed by atoms with van der Waals surface area (Å²) in [6.45, 7) is 4.69. The van der Waals surface area contributed by atoms with Crippen LogP contribution in [0.4, 0.5) is 0 Å². The van der Waals surface area contributed by atoms with Crippen molar-refractivity contribution in [2.45, 2.75) is 45.2 Å². The lowest BCUT2D eigenvalue weighted by atomic mass is 9.93. The van der Waals surface area contributed by atoms with Gasteiger partial charge in [-0.05, 0) is 37.1 Å². The predicted molar refractivity (Wildman–Crippen MR) is 68.6 cm³/mol. The molecule has 102 valence electrons. The maximum Gasteiger partial charge on any atom is 0.240 e. The van der Waals surface area contributed by atoms with Gasteiger partial charge in [0, 0.05) is 0 Å². The van der Waals surface area contributed by atoms with Crippen molar-refractivity contribution in [1.82, 2.24) is 10.6 Å². The van der Waals surface area contributed by atoms with Gasteiger partial charge in [-0.15, -0.1) is 0 Å². The number of hydrogen-bond acceptors (Lipinski definition) is 3. The van der Waals surface area contributed by atoms with E-state index in [0.717, 1.165) is 13.0 Å². The van der Waals surface area contributed by atoms with Crippen molar-refractivity contribution in [2.24, 2.45) is 23.5 Å². The number of primary amides is 1. The summed E-state index contributed by atoms with van der Waals surface area (Å²) in [7, 11) is 0. The molecule has 0 spiro atoms. The lowest BCUT2D eigenvalue weighted by Gasteiger charge is -2.23. The molecule has 1 heterocycles. The highest BCUT2D eigenvalue weighted by Gasteiger charge is 2.43. The van der Waals surface area contributed by atoms with Gasteiger partial charge in [0.15, 0.2) is 0 Å². The summed E-state index contributed by atoms with van der Waals surface area (Å²) in [6, 6.07) is -0.710. The molecule has 1 saturated carbocycles. The van der Waals surface area contributed by atoms with Crippen LogP contribution in [0.3, 0.4) is 0 Å². The molecule has 18 heavy (non-hydrogen) atoms. The van der Waals surface area contributed by atoms with Crippen LogP contribution in [-0.4, -0.2) is 30.4 Å². The van der Waals surface area contributed by atoms with Crippen LogP contribution < -0.4 is 16.4 Å². The summed E-state index contributed by atoms with van der Waals surface area (Å²) >= 11 is 0. The second-order valence-electron chi connectivity index (χ2n) is 5.87. The molecule has 1 aliphatic carbocycles. The molecule has 2 fully saturated rings. The number of carbonyl (C=O) groups excluding carboxylic acids is 2. The minimum Gasteiger partial charge on any atom is -0.368 e. The van der Waals surface area contributed by atoms with E-state index in [4.69, 9.17) is 5.73 Å². The molecule has 4 N–H and O–H groups in total. The summed E-state index contributed by atoms with van der Waals surface area (Å²) < 4.78 is 0. The highest BCUT2D eigenvalue weighted by atomic mass is 16.2. The van der Waals surface area contributed by atoms with Gasteiger partial charge in [-0.3, -0.25) is 9.59 Å². The van der Waals surface area contributed by atoms with Crippen LogP contribution in [0, 0.1) is 17.8 Å². The fourth-order valence-electron chi connectivity index (χ4n) is 3.28. The molecule has 1 aliphatic heterocycles. The molecule has 5 heteroatoms. The van der Waals surface area contributed by atoms with Crippen molar-refractivity contribution >= 4 is 11.8 Å². The van der Waals surface area contributed by atoms with Crippen LogP contribution in [0.5, 0.6) is 0 Å². The molecule has 4 unspecified atom stereocenters. The number of nitrogens with two attached hydrogens (primary N) is 1. The summed E-state index contributed by atoms with van der Waals surface area (Å²) in [6.07, 6.45) is 3.54. The SMILES string of the molecule is CC(C)C(NC(=O)C1NCC2CCCC21)C(N)=O. The van der Waals surface area contributed by atoms with Gasteiger partial charge >= 0.3 is 0 Å². The molecule has 0 aromatic rings. The molecule has 4 atom stereocenters. The smallest absolute Gasteiger partial charge is 0.240 e. The van der Waals surface area contributed by atoms with Gasteiger partial charge < -0.3 is 16.4 Å². The molecule has 1 saturated heterocycles. The number of nitrogens with one attached hydrogen (secondary N) is 2. The van der Waals surface area contributed by atoms with E-state index in [9.17, 15) is 9.59 Å². The number of rotatable bonds is 4. The first-order chi connectivity index (χ1) is 8.50. The Morgan fingerprint density at radius 1 is 1.33 bits per heavy atom. The average Bonchev–Trinajstić information content (AvgIpc) is 2.85. The van der Waals surface area contributed by atoms with E-state index in [2.05, 4.69) is 10.6 Å². The minimum absolute atomic E-state index is 0.0206. The van der Waals surface area contributed by atoms with Gasteiger partial charge in [-0.25, -0.2) is 0 Å². The Morgan fingerprint density at radius 2 is 2.06 bits per heavy atom. The Morgan fingerprint density at radius 3 is 2.67 bits per heavy atom. The zero-order chi connectivity index (χ0) is 13.3. The summed E-state index contributed by atoms with van der Waals surface area (Å²) in [5.41, 5.74) is 5.32. The van der Waals surface area contributed by atoms with Crippen LogP contribution in [0.2, 0.25) is 0 Å². The number of fused-ring (bicyclic) bond motifs is 1. The van der Waals surface area contributed by atoms with Crippen LogP contribution in [0.15, 0.2) is 0 Å². The summed E-state index contributed by atoms with van der Waals surface area (Å²) in [5, 5.41) is 6.07. The lowest BCUT2D eigenvalue weighted by Crippen LogP contribution is -2.53. The topological polar surface area (TPSA) is 84.2 Å². The van der Waals surface area contributed by atoms with E-state index in [-0.39, 0.29) is 17.9 Å². The first-order valence-electron chi connectivity index (χ1n) is 6.83. The van der Waals surface area contributed by atoms with Crippen molar-refractivity contribution in [3.8, 4) is 0 Å². The van der Waals surface area contributed by atoms with E-state index in [1.165, 1.54) is 12.8 Å². The van der Waals surface area contributed by atoms with Gasteiger partial charge in [0.05, 0.1) is 6.04 Å². The van der Waals surface area contributed by atoms with Crippen molar-refractivity contribution in [3.05, 3.63) is 0 Å². The van der Waals surface area contributed by atoms with E-state index in [1.807, 2.05) is 13.8 Å². The average molecular weight is 253 g/mol. The third-order valence-electron chi connectivity index (χ3n) is 4.30. The van der Waals surface area contributed by atoms with Crippen LogP contribution in [0.1, 0.15) is 33.1 Å². The Bertz CT molecular complexity index is 343. The third kappa shape index (κ3) is 2.51. The molecular formula is C13H23N3O2. The van der Waals surface area contributed by atoms with Crippen molar-refractivity contribution < 1.29 is 9.59 Å². The van der Waals surface area contributed by atoms with Crippen LogP contribution in [0.25, 0.3) is 0 Å². The Hall–Kier alpha value is -1.10. The van der Waals surface area contributed by atoms with Crippen LogP contribution in [-0.2, 0) is 9.59 Å². The zero-order valence-corrected chi connectivity index (χ0v) is 11.1. The third-order valence-corrected chi connectivity index (χ3v) is 4.30. The standard InChI is InChI=1S/C13H23N3O2/c1-7(2)10(12(14)17)16-13(18)11-9-5-3-4-8(9)6-15-11/h7-11,15H,3-6H2,1-2H3,(H2,14,17)(H,16,18). The normalized spacial score (nSPS) is 32.3. The quantitative estimate of drug-likeness (QED) is 0.659. The number of carbonyl (C=O) groups is 2.